The summed E-state index contributed by atoms with van der Waals surface area (Å²) in [5, 5.41) is 16.1. The van der Waals surface area contributed by atoms with Crippen LogP contribution in [0.5, 0.6) is 0 Å². The fraction of sp³-hybridized carbons (Fsp3) is 0. The molecule has 4 aromatic rings. The lowest BCUT2D eigenvalue weighted by atomic mass is 10.1. The minimum absolute atomic E-state index is 0.232. The van der Waals surface area contributed by atoms with Crippen molar-refractivity contribution < 1.29 is 9.34 Å². The third-order valence-electron chi connectivity index (χ3n) is 3.85. The molecule has 0 spiro atoms. The van der Waals surface area contributed by atoms with E-state index in [-0.39, 0.29) is 17.6 Å². The summed E-state index contributed by atoms with van der Waals surface area (Å²) in [5.74, 6) is 0.146. The van der Waals surface area contributed by atoms with Gasteiger partial charge in [-0.25, -0.2) is 15.4 Å². The van der Waals surface area contributed by atoms with Gasteiger partial charge in [-0.3, -0.25) is 10.1 Å². The molecule has 2 aromatic carbocycles. The van der Waals surface area contributed by atoms with E-state index < -0.39 is 4.92 Å². The van der Waals surface area contributed by atoms with Crippen LogP contribution in [0.25, 0.3) is 22.2 Å². The number of anilines is 1. The zero-order chi connectivity index (χ0) is 19.5. The Kier molecular flexibility index (Phi) is 4.69. The van der Waals surface area contributed by atoms with Crippen LogP contribution in [-0.2, 0) is 0 Å². The lowest BCUT2D eigenvalue weighted by Crippen LogP contribution is -1.99. The summed E-state index contributed by atoms with van der Waals surface area (Å²) < 4.78 is 5.02. The first-order valence-electron chi connectivity index (χ1n) is 8.16. The van der Waals surface area contributed by atoms with Crippen molar-refractivity contribution in [2.75, 3.05) is 5.43 Å². The smallest absolute Gasteiger partial charge is 0.400 e. The number of nitro groups is 1. The monoisotopic (exact) mass is 393 g/mol. The highest BCUT2D eigenvalue weighted by Crippen LogP contribution is 2.29. The maximum atomic E-state index is 10.7. The minimum Gasteiger partial charge on any atom is -0.400 e. The Labute approximate surface area is 163 Å². The summed E-state index contributed by atoms with van der Waals surface area (Å²) in [6.07, 6.45) is 1.31. The van der Waals surface area contributed by atoms with Crippen molar-refractivity contribution in [2.45, 2.75) is 0 Å². The molecule has 1 N–H and O–H groups in total. The molecule has 0 aliphatic carbocycles. The van der Waals surface area contributed by atoms with E-state index in [1.165, 1.54) is 18.3 Å². The van der Waals surface area contributed by atoms with Crippen LogP contribution in [0.2, 0.25) is 5.02 Å². The topological polar surface area (TPSA) is 106 Å². The number of furan rings is 1. The molecule has 0 aliphatic heterocycles. The third-order valence-corrected chi connectivity index (χ3v) is 4.09. The van der Waals surface area contributed by atoms with Gasteiger partial charge >= 0.3 is 5.88 Å². The Morgan fingerprint density at radius 3 is 2.68 bits per heavy atom. The molecule has 0 saturated carbocycles. The molecule has 2 aromatic heterocycles. The molecule has 0 radical (unpaired) electrons. The number of nitrogens with one attached hydrogen (secondary N) is 1. The molecule has 0 saturated heterocycles. The maximum Gasteiger partial charge on any atom is 0.433 e. The molecule has 9 heteroatoms. The SMILES string of the molecule is O=[N+]([O-])c1ccc(/C=N/Nc2nc(-c3ccccc3)c3cc(Cl)ccc3n2)o1. The first kappa shape index (κ1) is 17.6. The zero-order valence-electron chi connectivity index (χ0n) is 14.2. The van der Waals surface area contributed by atoms with E-state index in [9.17, 15) is 10.1 Å². The van der Waals surface area contributed by atoms with E-state index >= 15 is 0 Å². The van der Waals surface area contributed by atoms with Crippen LogP contribution in [0.3, 0.4) is 0 Å². The van der Waals surface area contributed by atoms with Gasteiger partial charge in [0.15, 0.2) is 5.76 Å². The Morgan fingerprint density at radius 2 is 1.93 bits per heavy atom. The molecule has 0 atom stereocenters. The van der Waals surface area contributed by atoms with Crippen LogP contribution in [0.1, 0.15) is 5.76 Å². The molecule has 0 bridgehead atoms. The van der Waals surface area contributed by atoms with Crippen LogP contribution in [0.4, 0.5) is 11.8 Å². The fourth-order valence-corrected chi connectivity index (χ4v) is 2.80. The summed E-state index contributed by atoms with van der Waals surface area (Å²) in [5.41, 5.74) is 5.05. The molecule has 28 heavy (non-hydrogen) atoms. The Balaban J connectivity index is 1.68. The van der Waals surface area contributed by atoms with Crippen molar-refractivity contribution in [1.29, 1.82) is 0 Å². The van der Waals surface area contributed by atoms with Gasteiger partial charge in [0.1, 0.15) is 4.92 Å². The second kappa shape index (κ2) is 7.45. The summed E-state index contributed by atoms with van der Waals surface area (Å²) in [7, 11) is 0. The normalized spacial score (nSPS) is 11.2. The number of fused-ring (bicyclic) bond motifs is 1. The maximum absolute atomic E-state index is 10.7. The van der Waals surface area contributed by atoms with Crippen molar-refractivity contribution in [3.8, 4) is 11.3 Å². The van der Waals surface area contributed by atoms with E-state index in [4.69, 9.17) is 16.0 Å². The Hall–Kier alpha value is -3.78. The first-order chi connectivity index (χ1) is 13.6. The van der Waals surface area contributed by atoms with E-state index in [1.54, 1.807) is 12.1 Å². The number of hydrazone groups is 1. The lowest BCUT2D eigenvalue weighted by Gasteiger charge is -2.08. The third kappa shape index (κ3) is 3.67. The fourth-order valence-electron chi connectivity index (χ4n) is 2.63. The average molecular weight is 394 g/mol. The summed E-state index contributed by atoms with van der Waals surface area (Å²) in [4.78, 5) is 19.0. The van der Waals surface area contributed by atoms with Gasteiger partial charge in [-0.15, -0.1) is 0 Å². The second-order valence-corrected chi connectivity index (χ2v) is 6.16. The Morgan fingerprint density at radius 1 is 1.11 bits per heavy atom. The molecule has 2 heterocycles. The van der Waals surface area contributed by atoms with E-state index in [2.05, 4.69) is 20.5 Å². The molecule has 0 unspecified atom stereocenters. The van der Waals surface area contributed by atoms with Gasteiger partial charge in [0.25, 0.3) is 0 Å². The highest BCUT2D eigenvalue weighted by molar-refractivity contribution is 6.31. The number of halogens is 1. The predicted molar refractivity (Wildman–Crippen MR) is 107 cm³/mol. The molecule has 0 amide bonds. The lowest BCUT2D eigenvalue weighted by molar-refractivity contribution is -0.402. The van der Waals surface area contributed by atoms with Gasteiger partial charge in [-0.05, 0) is 24.3 Å². The van der Waals surface area contributed by atoms with Gasteiger partial charge in [0.05, 0.1) is 23.5 Å². The van der Waals surface area contributed by atoms with Crippen molar-refractivity contribution >= 4 is 40.6 Å². The summed E-state index contributed by atoms with van der Waals surface area (Å²) in [6.45, 7) is 0. The van der Waals surface area contributed by atoms with Crippen LogP contribution >= 0.6 is 11.6 Å². The number of nitrogens with zero attached hydrogens (tertiary/aromatic N) is 4. The highest BCUT2D eigenvalue weighted by Gasteiger charge is 2.11. The van der Waals surface area contributed by atoms with Crippen molar-refractivity contribution in [3.05, 3.63) is 81.6 Å². The minimum atomic E-state index is -0.617. The van der Waals surface area contributed by atoms with Gasteiger partial charge < -0.3 is 4.42 Å². The summed E-state index contributed by atoms with van der Waals surface area (Å²) in [6, 6.07) is 17.7. The largest absolute Gasteiger partial charge is 0.433 e. The van der Waals surface area contributed by atoms with Crippen molar-refractivity contribution in [1.82, 2.24) is 9.97 Å². The van der Waals surface area contributed by atoms with Crippen molar-refractivity contribution in [2.24, 2.45) is 5.10 Å². The number of hydrogen-bond donors (Lipinski definition) is 1. The molecule has 4 rings (SSSR count). The second-order valence-electron chi connectivity index (χ2n) is 5.73. The van der Waals surface area contributed by atoms with E-state index in [1.807, 2.05) is 36.4 Å². The van der Waals surface area contributed by atoms with Crippen LogP contribution in [0.15, 0.2) is 70.2 Å². The number of hydrogen-bond acceptors (Lipinski definition) is 7. The highest BCUT2D eigenvalue weighted by atomic mass is 35.5. The van der Waals surface area contributed by atoms with Crippen molar-refractivity contribution in [3.63, 3.8) is 0 Å². The Bertz CT molecular complexity index is 1190. The van der Waals surface area contributed by atoms with Gasteiger partial charge in [-0.2, -0.15) is 5.10 Å². The number of rotatable bonds is 5. The van der Waals surface area contributed by atoms with E-state index in [0.717, 1.165) is 10.9 Å². The number of aromatic nitrogens is 2. The number of benzene rings is 2. The van der Waals surface area contributed by atoms with E-state index in [0.29, 0.717) is 16.2 Å². The van der Waals surface area contributed by atoms with Crippen LogP contribution in [-0.4, -0.2) is 21.1 Å². The average Bonchev–Trinajstić information content (AvgIpc) is 3.18. The first-order valence-corrected chi connectivity index (χ1v) is 8.54. The predicted octanol–water partition coefficient (Wildman–Crippen LogP) is 4.90. The molecular formula is C19H12ClN5O3. The standard InChI is InChI=1S/C19H12ClN5O3/c20-13-6-8-16-15(10-13)18(12-4-2-1-3-5-12)23-19(22-16)24-21-11-14-7-9-17(28-14)25(26)27/h1-11H,(H,22,23,24)/b21-11+. The van der Waals surface area contributed by atoms with Crippen LogP contribution < -0.4 is 5.43 Å². The van der Waals surface area contributed by atoms with Crippen LogP contribution in [0, 0.1) is 10.1 Å². The molecule has 8 nitrogen and oxygen atoms in total. The molecule has 138 valence electrons. The molecular weight excluding hydrogens is 382 g/mol. The zero-order valence-corrected chi connectivity index (χ0v) is 15.0. The molecule has 0 fully saturated rings. The van der Waals surface area contributed by atoms with Gasteiger partial charge in [0, 0.05) is 16.0 Å². The summed E-state index contributed by atoms with van der Waals surface area (Å²) >= 11 is 6.14. The molecule has 0 aliphatic rings. The van der Waals surface area contributed by atoms with Gasteiger partial charge in [-0.1, -0.05) is 41.9 Å². The quantitative estimate of drug-likeness (QED) is 0.293. The van der Waals surface area contributed by atoms with Gasteiger partial charge in [0.2, 0.25) is 5.95 Å².